The minimum Gasteiger partial charge on any atom is -0.486 e. The second-order valence-corrected chi connectivity index (χ2v) is 9.41. The number of likely N-dealkylation sites (tertiary alicyclic amines) is 1. The van der Waals surface area contributed by atoms with Crippen molar-refractivity contribution in [2.45, 2.75) is 26.5 Å². The van der Waals surface area contributed by atoms with Crippen LogP contribution in [0.15, 0.2) is 46.9 Å². The van der Waals surface area contributed by atoms with Crippen molar-refractivity contribution in [1.82, 2.24) is 24.9 Å². The Hall–Kier alpha value is -3.23. The summed E-state index contributed by atoms with van der Waals surface area (Å²) in [6.07, 6.45) is -0.0365. The van der Waals surface area contributed by atoms with Crippen LogP contribution >= 0.6 is 0 Å². The van der Waals surface area contributed by atoms with Crippen molar-refractivity contribution >= 4 is 5.91 Å². The highest BCUT2D eigenvalue weighted by Gasteiger charge is 2.35. The lowest BCUT2D eigenvalue weighted by atomic mass is 10.1. The predicted octanol–water partition coefficient (Wildman–Crippen LogP) is 3.00. The number of nitrogens with zero attached hydrogens (tertiary/aromatic N) is 5. The molecule has 0 N–H and O–H groups in total. The second-order valence-electron chi connectivity index (χ2n) is 9.41. The average Bonchev–Trinajstić information content (AvgIpc) is 3.29. The molecule has 2 aliphatic heterocycles. The van der Waals surface area contributed by atoms with Gasteiger partial charge in [-0.05, 0) is 50.2 Å². The molecule has 0 atom stereocenters. The zero-order valence-corrected chi connectivity index (χ0v) is 20.0. The highest BCUT2D eigenvalue weighted by molar-refractivity contribution is 5.90. The summed E-state index contributed by atoms with van der Waals surface area (Å²) in [5.41, 5.74) is 4.37. The molecule has 3 aromatic rings. The molecule has 3 heterocycles. The molecule has 5 rings (SSSR count). The SMILES string of the molecule is Cc1ccc(-c2nnc(C(=O)N3CC(Oc4ccc(CN5CCN(C)CC5)cc4C)C3)o2)cc1. The molecule has 1 amide bonds. The molecule has 2 aliphatic rings. The molecule has 178 valence electrons. The summed E-state index contributed by atoms with van der Waals surface area (Å²) in [4.78, 5) is 19.2. The van der Waals surface area contributed by atoms with Crippen LogP contribution in [0.25, 0.3) is 11.5 Å². The summed E-state index contributed by atoms with van der Waals surface area (Å²) in [5.74, 6) is 0.978. The smallest absolute Gasteiger partial charge is 0.311 e. The third-order valence-electron chi connectivity index (χ3n) is 6.58. The van der Waals surface area contributed by atoms with Crippen LogP contribution in [0.1, 0.15) is 27.4 Å². The molecule has 0 spiro atoms. The molecule has 34 heavy (non-hydrogen) atoms. The number of benzene rings is 2. The van der Waals surface area contributed by atoms with Crippen LogP contribution in [0.3, 0.4) is 0 Å². The zero-order valence-electron chi connectivity index (χ0n) is 20.0. The molecule has 0 saturated carbocycles. The minimum atomic E-state index is -0.259. The molecule has 8 nitrogen and oxygen atoms in total. The number of carbonyl (C=O) groups excluding carboxylic acids is 1. The fourth-order valence-corrected chi connectivity index (χ4v) is 4.32. The monoisotopic (exact) mass is 461 g/mol. The molecular formula is C26H31N5O3. The number of hydrogen-bond acceptors (Lipinski definition) is 7. The van der Waals surface area contributed by atoms with Gasteiger partial charge in [0.25, 0.3) is 0 Å². The molecule has 0 unspecified atom stereocenters. The first-order valence-electron chi connectivity index (χ1n) is 11.8. The number of aryl methyl sites for hydroxylation is 2. The van der Waals surface area contributed by atoms with E-state index in [9.17, 15) is 4.79 Å². The highest BCUT2D eigenvalue weighted by atomic mass is 16.5. The van der Waals surface area contributed by atoms with E-state index < -0.39 is 0 Å². The van der Waals surface area contributed by atoms with Gasteiger partial charge in [-0.25, -0.2) is 0 Å². The van der Waals surface area contributed by atoms with Crippen LogP contribution in [0.4, 0.5) is 0 Å². The normalized spacial score (nSPS) is 17.6. The van der Waals surface area contributed by atoms with Crippen molar-refractivity contribution in [1.29, 1.82) is 0 Å². The molecule has 0 radical (unpaired) electrons. The molecule has 1 aromatic heterocycles. The van der Waals surface area contributed by atoms with E-state index in [1.807, 2.05) is 31.2 Å². The van der Waals surface area contributed by atoms with Crippen molar-refractivity contribution in [3.8, 4) is 17.2 Å². The lowest BCUT2D eigenvalue weighted by molar-refractivity contribution is 0.0147. The van der Waals surface area contributed by atoms with Gasteiger partial charge in [-0.2, -0.15) is 0 Å². The number of hydrogen-bond donors (Lipinski definition) is 0. The lowest BCUT2D eigenvalue weighted by Crippen LogP contribution is -2.56. The number of ether oxygens (including phenoxy) is 1. The third-order valence-corrected chi connectivity index (χ3v) is 6.58. The van der Waals surface area contributed by atoms with Gasteiger partial charge in [-0.15, -0.1) is 10.2 Å². The fourth-order valence-electron chi connectivity index (χ4n) is 4.32. The maximum Gasteiger partial charge on any atom is 0.311 e. The number of aromatic nitrogens is 2. The first kappa shape index (κ1) is 22.6. The quantitative estimate of drug-likeness (QED) is 0.559. The van der Waals surface area contributed by atoms with E-state index >= 15 is 0 Å². The van der Waals surface area contributed by atoms with Gasteiger partial charge >= 0.3 is 11.8 Å². The van der Waals surface area contributed by atoms with Crippen molar-refractivity contribution in [3.05, 3.63) is 65.0 Å². The number of likely N-dealkylation sites (N-methyl/N-ethyl adjacent to an activating group) is 1. The van der Waals surface area contributed by atoms with Gasteiger partial charge in [-0.1, -0.05) is 29.8 Å². The summed E-state index contributed by atoms with van der Waals surface area (Å²) in [6.45, 7) is 10.5. The van der Waals surface area contributed by atoms with Crippen molar-refractivity contribution in [2.75, 3.05) is 46.3 Å². The number of rotatable bonds is 6. The van der Waals surface area contributed by atoms with E-state index in [1.165, 1.54) is 5.56 Å². The van der Waals surface area contributed by atoms with Gasteiger partial charge in [0, 0.05) is 38.3 Å². The third kappa shape index (κ3) is 4.98. The van der Waals surface area contributed by atoms with E-state index in [2.05, 4.69) is 52.2 Å². The number of piperazine rings is 1. The van der Waals surface area contributed by atoms with E-state index in [1.54, 1.807) is 4.90 Å². The summed E-state index contributed by atoms with van der Waals surface area (Å²) < 4.78 is 11.8. The van der Waals surface area contributed by atoms with Crippen LogP contribution in [-0.4, -0.2) is 83.2 Å². The Morgan fingerprint density at radius 1 is 1.03 bits per heavy atom. The van der Waals surface area contributed by atoms with Gasteiger partial charge in [0.15, 0.2) is 0 Å². The van der Waals surface area contributed by atoms with Crippen LogP contribution in [0.5, 0.6) is 5.75 Å². The van der Waals surface area contributed by atoms with E-state index in [0.717, 1.165) is 55.2 Å². The van der Waals surface area contributed by atoms with Gasteiger partial charge in [0.2, 0.25) is 5.89 Å². The van der Waals surface area contributed by atoms with Gasteiger partial charge < -0.3 is 19.0 Å². The fraction of sp³-hybridized carbons (Fsp3) is 0.423. The Kier molecular flexibility index (Phi) is 6.34. The van der Waals surface area contributed by atoms with Gasteiger partial charge in [-0.3, -0.25) is 9.69 Å². The van der Waals surface area contributed by atoms with Crippen molar-refractivity contribution in [2.24, 2.45) is 0 Å². The minimum absolute atomic E-state index is 0.0125. The number of amides is 1. The Bertz CT molecular complexity index is 1150. The van der Waals surface area contributed by atoms with E-state index in [0.29, 0.717) is 19.0 Å². The molecule has 2 saturated heterocycles. The summed E-state index contributed by atoms with van der Waals surface area (Å²) in [6, 6.07) is 14.2. The first-order chi connectivity index (χ1) is 16.4. The second kappa shape index (κ2) is 9.56. The Balaban J connectivity index is 1.13. The molecule has 2 fully saturated rings. The lowest BCUT2D eigenvalue weighted by Gasteiger charge is -2.38. The average molecular weight is 462 g/mol. The standard InChI is InChI=1S/C26H31N5O3/c1-18-4-7-21(8-5-18)24-27-28-25(34-24)26(32)31-16-22(17-31)33-23-9-6-20(14-19(23)2)15-30-12-10-29(3)11-13-30/h4-9,14,22H,10-13,15-17H2,1-3H3. The van der Waals surface area contributed by atoms with Crippen molar-refractivity contribution < 1.29 is 13.9 Å². The van der Waals surface area contributed by atoms with Crippen LogP contribution in [-0.2, 0) is 6.54 Å². The molecule has 2 aromatic carbocycles. The highest BCUT2D eigenvalue weighted by Crippen LogP contribution is 2.25. The van der Waals surface area contributed by atoms with Crippen LogP contribution in [0.2, 0.25) is 0 Å². The molecule has 0 bridgehead atoms. The van der Waals surface area contributed by atoms with Crippen LogP contribution in [0, 0.1) is 13.8 Å². The van der Waals surface area contributed by atoms with Gasteiger partial charge in [0.05, 0.1) is 13.1 Å². The Morgan fingerprint density at radius 3 is 2.47 bits per heavy atom. The first-order valence-corrected chi connectivity index (χ1v) is 11.8. The van der Waals surface area contributed by atoms with E-state index in [4.69, 9.17) is 9.15 Å². The molecule has 0 aliphatic carbocycles. The number of carbonyl (C=O) groups is 1. The summed E-state index contributed by atoms with van der Waals surface area (Å²) >= 11 is 0. The summed E-state index contributed by atoms with van der Waals surface area (Å²) in [7, 11) is 2.17. The largest absolute Gasteiger partial charge is 0.486 e. The van der Waals surface area contributed by atoms with Crippen molar-refractivity contribution in [3.63, 3.8) is 0 Å². The zero-order chi connectivity index (χ0) is 23.7. The topological polar surface area (TPSA) is 74.9 Å². The Morgan fingerprint density at radius 2 is 1.76 bits per heavy atom. The Labute approximate surface area is 200 Å². The van der Waals surface area contributed by atoms with Gasteiger partial charge in [0.1, 0.15) is 11.9 Å². The maximum absolute atomic E-state index is 12.7. The molecule has 8 heteroatoms. The van der Waals surface area contributed by atoms with E-state index in [-0.39, 0.29) is 17.9 Å². The maximum atomic E-state index is 12.7. The van der Waals surface area contributed by atoms with Crippen LogP contribution < -0.4 is 4.74 Å². The molecular weight excluding hydrogens is 430 g/mol. The summed E-state index contributed by atoms with van der Waals surface area (Å²) in [5, 5.41) is 7.98. The predicted molar refractivity (Wildman–Crippen MR) is 129 cm³/mol.